The van der Waals surface area contributed by atoms with E-state index in [0.29, 0.717) is 12.6 Å². The first-order valence-electron chi connectivity index (χ1n) is 6.90. The average Bonchev–Trinajstić information content (AvgIpc) is 2.95. The highest BCUT2D eigenvalue weighted by Crippen LogP contribution is 2.16. The second-order valence-electron chi connectivity index (χ2n) is 5.06. The predicted octanol–water partition coefficient (Wildman–Crippen LogP) is 2.76. The van der Waals surface area contributed by atoms with Gasteiger partial charge in [0.25, 0.3) is 0 Å². The maximum atomic E-state index is 11.4. The second kappa shape index (κ2) is 6.92. The number of carbonyl (C=O) groups is 1. The van der Waals surface area contributed by atoms with Crippen molar-refractivity contribution in [1.29, 1.82) is 0 Å². The van der Waals surface area contributed by atoms with E-state index in [9.17, 15) is 4.79 Å². The molecule has 0 fully saturated rings. The highest BCUT2D eigenvalue weighted by atomic mass is 16.5. The summed E-state index contributed by atoms with van der Waals surface area (Å²) in [5.74, 6) is 0.464. The van der Waals surface area contributed by atoms with E-state index in [4.69, 9.17) is 9.47 Å². The van der Waals surface area contributed by atoms with Crippen LogP contribution < -0.4 is 4.74 Å². The van der Waals surface area contributed by atoms with Crippen LogP contribution >= 0.6 is 0 Å². The number of benzene rings is 1. The maximum Gasteiger partial charge on any atom is 0.309 e. The summed E-state index contributed by atoms with van der Waals surface area (Å²) in [7, 11) is 1.39. The van der Waals surface area contributed by atoms with Crippen molar-refractivity contribution in [1.82, 2.24) is 9.78 Å². The number of esters is 1. The van der Waals surface area contributed by atoms with Crippen LogP contribution in [0.5, 0.6) is 5.75 Å². The molecule has 0 aliphatic rings. The Bertz CT molecular complexity index is 605. The van der Waals surface area contributed by atoms with Crippen LogP contribution in [0.2, 0.25) is 0 Å². The van der Waals surface area contributed by atoms with E-state index in [0.717, 1.165) is 16.9 Å². The number of aromatic nitrogens is 2. The van der Waals surface area contributed by atoms with Crippen LogP contribution in [0, 0.1) is 0 Å². The third kappa shape index (κ3) is 4.08. The molecule has 0 amide bonds. The molecule has 1 aromatic carbocycles. The van der Waals surface area contributed by atoms with Crippen molar-refractivity contribution in [2.24, 2.45) is 0 Å². The van der Waals surface area contributed by atoms with Crippen molar-refractivity contribution in [3.05, 3.63) is 47.8 Å². The van der Waals surface area contributed by atoms with Crippen LogP contribution in [0.1, 0.15) is 31.0 Å². The van der Waals surface area contributed by atoms with E-state index in [2.05, 4.69) is 18.9 Å². The summed E-state index contributed by atoms with van der Waals surface area (Å²) in [6.45, 7) is 4.52. The zero-order chi connectivity index (χ0) is 15.2. The molecule has 2 aromatic rings. The Kier molecular flexibility index (Phi) is 4.98. The average molecular weight is 288 g/mol. The first-order chi connectivity index (χ1) is 10.1. The fraction of sp³-hybridized carbons (Fsp3) is 0.375. The molecule has 21 heavy (non-hydrogen) atoms. The van der Waals surface area contributed by atoms with Crippen molar-refractivity contribution < 1.29 is 14.3 Å². The number of nitrogens with zero attached hydrogens (tertiary/aromatic N) is 2. The molecule has 0 saturated carbocycles. The van der Waals surface area contributed by atoms with Crippen LogP contribution in [0.15, 0.2) is 36.7 Å². The standard InChI is InChI=1S/C16H20N2O3/c1-12(2)18-10-15(9-17-18)21-11-14-7-5-4-6-13(14)8-16(19)20-3/h4-7,9-10,12H,8,11H2,1-3H3. The van der Waals surface area contributed by atoms with Gasteiger partial charge in [-0.05, 0) is 25.0 Å². The minimum Gasteiger partial charge on any atom is -0.486 e. The van der Waals surface area contributed by atoms with Gasteiger partial charge < -0.3 is 9.47 Å². The van der Waals surface area contributed by atoms with Gasteiger partial charge in [-0.2, -0.15) is 5.10 Å². The largest absolute Gasteiger partial charge is 0.486 e. The highest BCUT2D eigenvalue weighted by Gasteiger charge is 2.09. The third-order valence-corrected chi connectivity index (χ3v) is 3.18. The molecule has 1 aromatic heterocycles. The number of hydrogen-bond acceptors (Lipinski definition) is 4. The van der Waals surface area contributed by atoms with Gasteiger partial charge in [0.2, 0.25) is 0 Å². The fourth-order valence-electron chi connectivity index (χ4n) is 1.94. The third-order valence-electron chi connectivity index (χ3n) is 3.18. The molecule has 112 valence electrons. The number of ether oxygens (including phenoxy) is 2. The molecule has 1 heterocycles. The fourth-order valence-corrected chi connectivity index (χ4v) is 1.94. The van der Waals surface area contributed by atoms with Crippen molar-refractivity contribution in [2.75, 3.05) is 7.11 Å². The van der Waals surface area contributed by atoms with Gasteiger partial charge in [0.15, 0.2) is 5.75 Å². The molecule has 0 spiro atoms. The van der Waals surface area contributed by atoms with Crippen LogP contribution in [-0.4, -0.2) is 22.9 Å². The van der Waals surface area contributed by atoms with E-state index >= 15 is 0 Å². The van der Waals surface area contributed by atoms with Crippen LogP contribution in [0.4, 0.5) is 0 Å². The molecule has 0 aliphatic heterocycles. The van der Waals surface area contributed by atoms with Gasteiger partial charge in [0, 0.05) is 6.04 Å². The monoisotopic (exact) mass is 288 g/mol. The maximum absolute atomic E-state index is 11.4. The Morgan fingerprint density at radius 2 is 2.00 bits per heavy atom. The SMILES string of the molecule is COC(=O)Cc1ccccc1COc1cnn(C(C)C)c1. The summed E-state index contributed by atoms with van der Waals surface area (Å²) in [4.78, 5) is 11.4. The summed E-state index contributed by atoms with van der Waals surface area (Å²) >= 11 is 0. The summed E-state index contributed by atoms with van der Waals surface area (Å²) in [6, 6.07) is 7.99. The van der Waals surface area contributed by atoms with Gasteiger partial charge in [-0.15, -0.1) is 0 Å². The zero-order valence-electron chi connectivity index (χ0n) is 12.6. The van der Waals surface area contributed by atoms with Gasteiger partial charge in [0.1, 0.15) is 6.61 Å². The lowest BCUT2D eigenvalue weighted by molar-refractivity contribution is -0.139. The lowest BCUT2D eigenvalue weighted by atomic mass is 10.1. The van der Waals surface area contributed by atoms with E-state index in [1.807, 2.05) is 35.1 Å². The highest BCUT2D eigenvalue weighted by molar-refractivity contribution is 5.72. The molecule has 0 aliphatic carbocycles. The first-order valence-corrected chi connectivity index (χ1v) is 6.90. The number of rotatable bonds is 6. The summed E-state index contributed by atoms with van der Waals surface area (Å²) in [5, 5.41) is 4.23. The van der Waals surface area contributed by atoms with Crippen LogP contribution in [0.25, 0.3) is 0 Å². The number of methoxy groups -OCH3 is 1. The van der Waals surface area contributed by atoms with E-state index in [1.54, 1.807) is 6.20 Å². The van der Waals surface area contributed by atoms with Crippen LogP contribution in [0.3, 0.4) is 0 Å². The Morgan fingerprint density at radius 1 is 1.29 bits per heavy atom. The van der Waals surface area contributed by atoms with Gasteiger partial charge in [-0.1, -0.05) is 24.3 Å². The predicted molar refractivity (Wildman–Crippen MR) is 79.1 cm³/mol. The molecule has 0 saturated heterocycles. The Labute approximate surface area is 124 Å². The first kappa shape index (κ1) is 15.1. The van der Waals surface area contributed by atoms with Crippen molar-refractivity contribution in [3.8, 4) is 5.75 Å². The summed E-state index contributed by atoms with van der Waals surface area (Å²) in [5.41, 5.74) is 1.89. The summed E-state index contributed by atoms with van der Waals surface area (Å²) < 4.78 is 12.3. The molecule has 2 rings (SSSR count). The topological polar surface area (TPSA) is 53.4 Å². The molecular weight excluding hydrogens is 268 g/mol. The quantitative estimate of drug-likeness (QED) is 0.767. The van der Waals surface area contributed by atoms with E-state index < -0.39 is 0 Å². The van der Waals surface area contributed by atoms with Gasteiger partial charge >= 0.3 is 5.97 Å². The van der Waals surface area contributed by atoms with Gasteiger partial charge in [-0.3, -0.25) is 9.48 Å². The molecular formula is C16H20N2O3. The molecule has 5 heteroatoms. The minimum atomic E-state index is -0.255. The van der Waals surface area contributed by atoms with Gasteiger partial charge in [-0.25, -0.2) is 0 Å². The lowest BCUT2D eigenvalue weighted by Gasteiger charge is -2.09. The number of carbonyl (C=O) groups excluding carboxylic acids is 1. The number of hydrogen-bond donors (Lipinski definition) is 0. The Hall–Kier alpha value is -2.30. The minimum absolute atomic E-state index is 0.251. The van der Waals surface area contributed by atoms with E-state index in [1.165, 1.54) is 7.11 Å². The van der Waals surface area contributed by atoms with Gasteiger partial charge in [0.05, 0.1) is 25.9 Å². The zero-order valence-corrected chi connectivity index (χ0v) is 12.6. The Balaban J connectivity index is 2.03. The lowest BCUT2D eigenvalue weighted by Crippen LogP contribution is -2.08. The molecule has 5 nitrogen and oxygen atoms in total. The second-order valence-corrected chi connectivity index (χ2v) is 5.06. The normalized spacial score (nSPS) is 10.7. The Morgan fingerprint density at radius 3 is 2.62 bits per heavy atom. The molecule has 0 bridgehead atoms. The molecule has 0 N–H and O–H groups in total. The molecule has 0 unspecified atom stereocenters. The van der Waals surface area contributed by atoms with Crippen LogP contribution in [-0.2, 0) is 22.6 Å². The smallest absolute Gasteiger partial charge is 0.309 e. The molecule has 0 atom stereocenters. The van der Waals surface area contributed by atoms with Crippen molar-refractivity contribution >= 4 is 5.97 Å². The summed E-state index contributed by atoms with van der Waals surface area (Å²) in [6.07, 6.45) is 3.82. The van der Waals surface area contributed by atoms with E-state index in [-0.39, 0.29) is 12.4 Å². The van der Waals surface area contributed by atoms with Crippen molar-refractivity contribution in [2.45, 2.75) is 32.9 Å². The van der Waals surface area contributed by atoms with Crippen molar-refractivity contribution in [3.63, 3.8) is 0 Å². The molecule has 0 radical (unpaired) electrons.